The van der Waals surface area contributed by atoms with E-state index in [-0.39, 0.29) is 6.04 Å². The number of rotatable bonds is 2. The second-order valence-electron chi connectivity index (χ2n) is 4.72. The molecule has 1 aliphatic carbocycles. The molecule has 2 rings (SSSR count). The van der Waals surface area contributed by atoms with Crippen LogP contribution in [-0.2, 0) is 0 Å². The molecule has 0 saturated heterocycles. The van der Waals surface area contributed by atoms with Gasteiger partial charge in [-0.1, -0.05) is 36.3 Å². The van der Waals surface area contributed by atoms with Gasteiger partial charge in [0.1, 0.15) is 0 Å². The van der Waals surface area contributed by atoms with Crippen molar-refractivity contribution >= 4 is 22.1 Å². The van der Waals surface area contributed by atoms with E-state index in [0.717, 1.165) is 17.3 Å². The van der Waals surface area contributed by atoms with Crippen LogP contribution in [0.5, 0.6) is 0 Å². The second kappa shape index (κ2) is 5.70. The van der Waals surface area contributed by atoms with Gasteiger partial charge in [0.25, 0.3) is 0 Å². The highest BCUT2D eigenvalue weighted by atomic mass is 79.9. The largest absolute Gasteiger partial charge is 0.289 e. The van der Waals surface area contributed by atoms with Crippen molar-refractivity contribution in [3.63, 3.8) is 0 Å². The van der Waals surface area contributed by atoms with Crippen LogP contribution < -0.4 is 0 Å². The van der Waals surface area contributed by atoms with Crippen molar-refractivity contribution < 1.29 is 0 Å². The quantitative estimate of drug-likeness (QED) is 0.747. The van der Waals surface area contributed by atoms with E-state index >= 15 is 0 Å². The predicted molar refractivity (Wildman–Crippen MR) is 81.9 cm³/mol. The van der Waals surface area contributed by atoms with Crippen molar-refractivity contribution in [2.75, 3.05) is 7.05 Å². The molecule has 18 heavy (non-hydrogen) atoms. The highest BCUT2D eigenvalue weighted by molar-refractivity contribution is 9.12. The molecule has 0 aromatic carbocycles. The summed E-state index contributed by atoms with van der Waals surface area (Å²) in [5, 5.41) is 6.42. The summed E-state index contributed by atoms with van der Waals surface area (Å²) in [6.07, 6.45) is 12.9. The summed E-state index contributed by atoms with van der Waals surface area (Å²) in [5.74, 6) is 0. The molecule has 0 bridgehead atoms. The van der Waals surface area contributed by atoms with Crippen LogP contribution >= 0.6 is 15.9 Å². The van der Waals surface area contributed by atoms with E-state index in [4.69, 9.17) is 0 Å². The molecule has 0 spiro atoms. The molecule has 2 aliphatic rings. The van der Waals surface area contributed by atoms with Crippen LogP contribution in [0, 0.1) is 0 Å². The molecule has 0 aromatic rings. The highest BCUT2D eigenvalue weighted by Crippen LogP contribution is 2.28. The van der Waals surface area contributed by atoms with Crippen molar-refractivity contribution in [3.05, 3.63) is 45.5 Å². The minimum atomic E-state index is 0.231. The molecule has 0 saturated carbocycles. The molecule has 1 heterocycles. The Bertz CT molecular complexity index is 481. The van der Waals surface area contributed by atoms with Crippen molar-refractivity contribution in [2.24, 2.45) is 5.10 Å². The normalized spacial score (nSPS) is 24.0. The number of hydrogen-bond acceptors (Lipinski definition) is 2. The van der Waals surface area contributed by atoms with Crippen LogP contribution in [0.25, 0.3) is 0 Å². The summed E-state index contributed by atoms with van der Waals surface area (Å²) < 4.78 is 1.05. The van der Waals surface area contributed by atoms with Crippen LogP contribution in [0.2, 0.25) is 0 Å². The Balaban J connectivity index is 2.43. The van der Waals surface area contributed by atoms with E-state index in [9.17, 15) is 0 Å². The zero-order valence-corrected chi connectivity index (χ0v) is 12.7. The first-order valence-corrected chi connectivity index (χ1v) is 7.12. The Kier molecular flexibility index (Phi) is 4.23. The fraction of sp³-hybridized carbons (Fsp3) is 0.400. The minimum Gasteiger partial charge on any atom is -0.289 e. The predicted octanol–water partition coefficient (Wildman–Crippen LogP) is 4.18. The van der Waals surface area contributed by atoms with Crippen LogP contribution in [0.15, 0.2) is 50.6 Å². The molecule has 1 atom stereocenters. The van der Waals surface area contributed by atoms with E-state index in [1.165, 1.54) is 16.7 Å². The van der Waals surface area contributed by atoms with Crippen LogP contribution in [0.4, 0.5) is 0 Å². The molecular formula is C15H19BrN2. The summed E-state index contributed by atoms with van der Waals surface area (Å²) >= 11 is 3.53. The zero-order chi connectivity index (χ0) is 13.1. The first-order chi connectivity index (χ1) is 8.61. The van der Waals surface area contributed by atoms with Crippen LogP contribution in [0.3, 0.4) is 0 Å². The SMILES string of the molecule is CCC1=C(C2C=C(Br)C=NN2C)C=C(C)C=CC1. The van der Waals surface area contributed by atoms with Crippen molar-refractivity contribution in [3.8, 4) is 0 Å². The van der Waals surface area contributed by atoms with E-state index in [0.29, 0.717) is 0 Å². The zero-order valence-electron chi connectivity index (χ0n) is 11.2. The molecule has 0 fully saturated rings. The lowest BCUT2D eigenvalue weighted by Crippen LogP contribution is -2.30. The summed E-state index contributed by atoms with van der Waals surface area (Å²) in [6, 6.07) is 0.231. The smallest absolute Gasteiger partial charge is 0.0911 e. The summed E-state index contributed by atoms with van der Waals surface area (Å²) in [4.78, 5) is 0. The van der Waals surface area contributed by atoms with E-state index < -0.39 is 0 Å². The average Bonchev–Trinajstić information content (AvgIpc) is 2.53. The van der Waals surface area contributed by atoms with Gasteiger partial charge < -0.3 is 0 Å². The van der Waals surface area contributed by atoms with Gasteiger partial charge in [0.15, 0.2) is 0 Å². The van der Waals surface area contributed by atoms with Gasteiger partial charge in [0.05, 0.1) is 12.3 Å². The molecule has 96 valence electrons. The molecule has 0 amide bonds. The standard InChI is InChI=1S/C15H19BrN2/c1-4-12-7-5-6-11(2)8-14(12)15-9-13(16)10-17-18(15)3/h5-6,8-10,15H,4,7H2,1-3H3. The molecule has 0 radical (unpaired) electrons. The highest BCUT2D eigenvalue weighted by Gasteiger charge is 2.21. The van der Waals surface area contributed by atoms with Crippen molar-refractivity contribution in [1.29, 1.82) is 0 Å². The molecule has 1 unspecified atom stereocenters. The lowest BCUT2D eigenvalue weighted by Gasteiger charge is -2.28. The number of likely N-dealkylation sites (N-methyl/N-ethyl adjacent to an activating group) is 1. The van der Waals surface area contributed by atoms with Crippen molar-refractivity contribution in [2.45, 2.75) is 32.7 Å². The molecule has 0 aromatic heterocycles. The Hall–Kier alpha value is -1.09. The van der Waals surface area contributed by atoms with Crippen LogP contribution in [-0.4, -0.2) is 24.3 Å². The van der Waals surface area contributed by atoms with Gasteiger partial charge in [-0.3, -0.25) is 5.01 Å². The second-order valence-corrected chi connectivity index (χ2v) is 5.64. The topological polar surface area (TPSA) is 15.6 Å². The van der Waals surface area contributed by atoms with Gasteiger partial charge in [-0.25, -0.2) is 0 Å². The molecular weight excluding hydrogens is 288 g/mol. The Morgan fingerprint density at radius 2 is 2.28 bits per heavy atom. The molecule has 1 aliphatic heterocycles. The van der Waals surface area contributed by atoms with E-state index in [2.05, 4.69) is 59.2 Å². The van der Waals surface area contributed by atoms with Gasteiger partial charge in [0.2, 0.25) is 0 Å². The maximum atomic E-state index is 4.40. The van der Waals surface area contributed by atoms with Gasteiger partial charge in [-0.2, -0.15) is 5.10 Å². The minimum absolute atomic E-state index is 0.231. The Morgan fingerprint density at radius 3 is 3.00 bits per heavy atom. The molecule has 0 N–H and O–H groups in total. The maximum Gasteiger partial charge on any atom is 0.0911 e. The summed E-state index contributed by atoms with van der Waals surface area (Å²) in [6.45, 7) is 4.38. The third kappa shape index (κ3) is 2.83. The van der Waals surface area contributed by atoms with Gasteiger partial charge in [0, 0.05) is 11.5 Å². The Labute approximate surface area is 118 Å². The van der Waals surface area contributed by atoms with Crippen LogP contribution in [0.1, 0.15) is 26.7 Å². The van der Waals surface area contributed by atoms with E-state index in [1.54, 1.807) is 0 Å². The van der Waals surface area contributed by atoms with Gasteiger partial charge in [-0.15, -0.1) is 0 Å². The fourth-order valence-corrected chi connectivity index (χ4v) is 2.70. The lowest BCUT2D eigenvalue weighted by molar-refractivity contribution is 0.326. The fourth-order valence-electron chi connectivity index (χ4n) is 2.35. The molecule has 3 heteroatoms. The number of halogens is 1. The monoisotopic (exact) mass is 306 g/mol. The van der Waals surface area contributed by atoms with Crippen molar-refractivity contribution in [1.82, 2.24) is 5.01 Å². The first kappa shape index (κ1) is 13.3. The average molecular weight is 307 g/mol. The number of nitrogens with zero attached hydrogens (tertiary/aromatic N) is 2. The maximum absolute atomic E-state index is 4.40. The van der Waals surface area contributed by atoms with Gasteiger partial charge >= 0.3 is 0 Å². The number of hydrogen-bond donors (Lipinski definition) is 0. The molecule has 2 nitrogen and oxygen atoms in total. The third-order valence-corrected chi connectivity index (χ3v) is 3.83. The third-order valence-electron chi connectivity index (χ3n) is 3.36. The number of hydrazone groups is 1. The summed E-state index contributed by atoms with van der Waals surface area (Å²) in [5.41, 5.74) is 4.19. The van der Waals surface area contributed by atoms with E-state index in [1.807, 2.05) is 18.3 Å². The lowest BCUT2D eigenvalue weighted by atomic mass is 9.95. The summed E-state index contributed by atoms with van der Waals surface area (Å²) in [7, 11) is 2.03. The Morgan fingerprint density at radius 1 is 1.50 bits per heavy atom. The first-order valence-electron chi connectivity index (χ1n) is 6.32. The number of allylic oxidation sites excluding steroid dienone is 5. The van der Waals surface area contributed by atoms with Gasteiger partial charge in [-0.05, 0) is 47.3 Å².